The van der Waals surface area contributed by atoms with E-state index in [9.17, 15) is 4.79 Å². The maximum atomic E-state index is 12.1. The van der Waals surface area contributed by atoms with Crippen molar-refractivity contribution in [1.82, 2.24) is 9.88 Å². The summed E-state index contributed by atoms with van der Waals surface area (Å²) in [5.74, 6) is 5.55. The molecule has 1 aromatic heterocycles. The zero-order valence-corrected chi connectivity index (χ0v) is 10.1. The Hall–Kier alpha value is -1.90. The Morgan fingerprint density at radius 1 is 1.44 bits per heavy atom. The fourth-order valence-electron chi connectivity index (χ4n) is 1.68. The molecule has 5 nitrogen and oxygen atoms in total. The van der Waals surface area contributed by atoms with Crippen molar-refractivity contribution in [2.75, 3.05) is 32.8 Å². The largest absolute Gasteiger partial charge is 0.378 e. The molecule has 0 radical (unpaired) electrons. The molecule has 5 heteroatoms. The monoisotopic (exact) mass is 245 g/mol. The lowest BCUT2D eigenvalue weighted by Gasteiger charge is -2.26. The number of rotatable bonds is 1. The highest BCUT2D eigenvalue weighted by molar-refractivity contribution is 5.92. The van der Waals surface area contributed by atoms with Crippen molar-refractivity contribution in [3.05, 3.63) is 29.6 Å². The summed E-state index contributed by atoms with van der Waals surface area (Å²) < 4.78 is 5.20. The van der Waals surface area contributed by atoms with E-state index in [0.29, 0.717) is 38.5 Å². The molecule has 1 fully saturated rings. The van der Waals surface area contributed by atoms with Crippen LogP contribution in [0.1, 0.15) is 16.1 Å². The number of pyridine rings is 1. The molecule has 2 N–H and O–H groups in total. The van der Waals surface area contributed by atoms with Gasteiger partial charge in [-0.1, -0.05) is 11.8 Å². The van der Waals surface area contributed by atoms with Gasteiger partial charge >= 0.3 is 0 Å². The number of amides is 1. The van der Waals surface area contributed by atoms with E-state index in [1.165, 1.54) is 0 Å². The van der Waals surface area contributed by atoms with Gasteiger partial charge in [0.15, 0.2) is 0 Å². The number of nitrogens with zero attached hydrogens (tertiary/aromatic N) is 2. The van der Waals surface area contributed by atoms with Crippen LogP contribution in [-0.4, -0.2) is 48.6 Å². The van der Waals surface area contributed by atoms with E-state index < -0.39 is 0 Å². The van der Waals surface area contributed by atoms with E-state index in [2.05, 4.69) is 16.8 Å². The number of morpholine rings is 1. The average Bonchev–Trinajstić information content (AvgIpc) is 2.46. The summed E-state index contributed by atoms with van der Waals surface area (Å²) in [4.78, 5) is 18.0. The van der Waals surface area contributed by atoms with Crippen molar-refractivity contribution < 1.29 is 9.53 Å². The van der Waals surface area contributed by atoms with Crippen LogP contribution in [-0.2, 0) is 4.74 Å². The van der Waals surface area contributed by atoms with Crippen LogP contribution in [0.15, 0.2) is 18.3 Å². The first-order valence-electron chi connectivity index (χ1n) is 5.83. The smallest absolute Gasteiger partial charge is 0.272 e. The second-order valence-electron chi connectivity index (χ2n) is 3.84. The lowest BCUT2D eigenvalue weighted by Crippen LogP contribution is -2.41. The summed E-state index contributed by atoms with van der Waals surface area (Å²) in [6, 6.07) is 3.47. The van der Waals surface area contributed by atoms with Crippen LogP contribution < -0.4 is 5.73 Å². The molecule has 0 spiro atoms. The number of carbonyl (C=O) groups is 1. The van der Waals surface area contributed by atoms with E-state index in [1.54, 1.807) is 23.2 Å². The number of hydrogen-bond acceptors (Lipinski definition) is 4. The molecule has 1 aromatic rings. The van der Waals surface area contributed by atoms with Crippen LogP contribution in [0.5, 0.6) is 0 Å². The second kappa shape index (κ2) is 6.15. The predicted molar refractivity (Wildman–Crippen MR) is 66.9 cm³/mol. The Balaban J connectivity index is 2.06. The van der Waals surface area contributed by atoms with Crippen LogP contribution in [0.3, 0.4) is 0 Å². The van der Waals surface area contributed by atoms with E-state index in [1.807, 2.05) is 0 Å². The Kier molecular flexibility index (Phi) is 4.29. The first kappa shape index (κ1) is 12.6. The zero-order chi connectivity index (χ0) is 12.8. The molecular weight excluding hydrogens is 230 g/mol. The topological polar surface area (TPSA) is 68.5 Å². The molecule has 1 amide bonds. The SMILES string of the molecule is NCC#Cc1ccc(C(=O)N2CCOCC2)nc1. The summed E-state index contributed by atoms with van der Waals surface area (Å²) in [7, 11) is 0. The number of ether oxygens (including phenoxy) is 1. The Bertz CT molecular complexity index is 467. The first-order chi connectivity index (χ1) is 8.81. The van der Waals surface area contributed by atoms with Crippen LogP contribution in [0.2, 0.25) is 0 Å². The van der Waals surface area contributed by atoms with Crippen molar-refractivity contribution in [2.24, 2.45) is 5.73 Å². The minimum absolute atomic E-state index is 0.0587. The summed E-state index contributed by atoms with van der Waals surface area (Å²) in [6.45, 7) is 2.73. The molecule has 0 saturated carbocycles. The van der Waals surface area contributed by atoms with Crippen LogP contribution in [0.25, 0.3) is 0 Å². The number of carbonyl (C=O) groups excluding carboxylic acids is 1. The highest BCUT2D eigenvalue weighted by Gasteiger charge is 2.19. The first-order valence-corrected chi connectivity index (χ1v) is 5.83. The van der Waals surface area contributed by atoms with E-state index in [4.69, 9.17) is 10.5 Å². The normalized spacial score (nSPS) is 14.8. The lowest BCUT2D eigenvalue weighted by atomic mass is 10.2. The van der Waals surface area contributed by atoms with Crippen molar-refractivity contribution >= 4 is 5.91 Å². The van der Waals surface area contributed by atoms with Gasteiger partial charge in [-0.2, -0.15) is 0 Å². The summed E-state index contributed by atoms with van der Waals surface area (Å²) in [5, 5.41) is 0. The van der Waals surface area contributed by atoms with Gasteiger partial charge in [0.05, 0.1) is 19.8 Å². The minimum atomic E-state index is -0.0587. The molecule has 0 atom stereocenters. The molecular formula is C13H15N3O2. The van der Waals surface area contributed by atoms with Crippen molar-refractivity contribution in [3.63, 3.8) is 0 Å². The molecule has 1 saturated heterocycles. The average molecular weight is 245 g/mol. The summed E-state index contributed by atoms with van der Waals surface area (Å²) in [6.07, 6.45) is 1.59. The van der Waals surface area contributed by atoms with Gasteiger partial charge in [-0.05, 0) is 12.1 Å². The predicted octanol–water partition coefficient (Wildman–Crippen LogP) is -0.136. The summed E-state index contributed by atoms with van der Waals surface area (Å²) >= 11 is 0. The number of hydrogen-bond donors (Lipinski definition) is 1. The van der Waals surface area contributed by atoms with Gasteiger partial charge in [0.1, 0.15) is 5.69 Å². The van der Waals surface area contributed by atoms with Crippen molar-refractivity contribution in [3.8, 4) is 11.8 Å². The van der Waals surface area contributed by atoms with Gasteiger partial charge in [0.2, 0.25) is 0 Å². The van der Waals surface area contributed by atoms with Gasteiger partial charge in [0.25, 0.3) is 5.91 Å². The van der Waals surface area contributed by atoms with Gasteiger partial charge < -0.3 is 15.4 Å². The fourth-order valence-corrected chi connectivity index (χ4v) is 1.68. The third-order valence-corrected chi connectivity index (χ3v) is 2.62. The fraction of sp³-hybridized carbons (Fsp3) is 0.385. The third-order valence-electron chi connectivity index (χ3n) is 2.62. The Morgan fingerprint density at radius 2 is 2.22 bits per heavy atom. The molecule has 1 aliphatic heterocycles. The van der Waals surface area contributed by atoms with Gasteiger partial charge in [-0.25, -0.2) is 4.98 Å². The number of nitrogens with two attached hydrogens (primary N) is 1. The Morgan fingerprint density at radius 3 is 2.83 bits per heavy atom. The zero-order valence-electron chi connectivity index (χ0n) is 10.1. The highest BCUT2D eigenvalue weighted by Crippen LogP contribution is 2.06. The van der Waals surface area contributed by atoms with Gasteiger partial charge in [0, 0.05) is 24.8 Å². The van der Waals surface area contributed by atoms with E-state index in [0.717, 1.165) is 5.56 Å². The van der Waals surface area contributed by atoms with E-state index in [-0.39, 0.29) is 5.91 Å². The summed E-state index contributed by atoms with van der Waals surface area (Å²) in [5.41, 5.74) is 6.49. The highest BCUT2D eigenvalue weighted by atomic mass is 16.5. The number of aromatic nitrogens is 1. The second-order valence-corrected chi connectivity index (χ2v) is 3.84. The molecule has 0 unspecified atom stereocenters. The molecule has 2 heterocycles. The minimum Gasteiger partial charge on any atom is -0.378 e. The van der Waals surface area contributed by atoms with Crippen LogP contribution >= 0.6 is 0 Å². The quantitative estimate of drug-likeness (QED) is 0.699. The van der Waals surface area contributed by atoms with Gasteiger partial charge in [-0.15, -0.1) is 0 Å². The molecule has 0 aromatic carbocycles. The molecule has 2 rings (SSSR count). The maximum Gasteiger partial charge on any atom is 0.272 e. The van der Waals surface area contributed by atoms with Gasteiger partial charge in [-0.3, -0.25) is 4.79 Å². The Labute approximate surface area is 106 Å². The molecule has 0 aliphatic carbocycles. The standard InChI is InChI=1S/C13H15N3O2/c14-5-1-2-11-3-4-12(15-10-11)13(17)16-6-8-18-9-7-16/h3-4,10H,5-9,14H2. The van der Waals surface area contributed by atoms with Crippen molar-refractivity contribution in [1.29, 1.82) is 0 Å². The molecule has 18 heavy (non-hydrogen) atoms. The van der Waals surface area contributed by atoms with Crippen molar-refractivity contribution in [2.45, 2.75) is 0 Å². The van der Waals surface area contributed by atoms with E-state index >= 15 is 0 Å². The molecule has 1 aliphatic rings. The van der Waals surface area contributed by atoms with Crippen LogP contribution in [0.4, 0.5) is 0 Å². The maximum absolute atomic E-state index is 12.1. The lowest BCUT2D eigenvalue weighted by molar-refractivity contribution is 0.0299. The molecule has 0 bridgehead atoms. The molecule has 94 valence electrons. The van der Waals surface area contributed by atoms with Crippen LogP contribution in [0, 0.1) is 11.8 Å². The third kappa shape index (κ3) is 3.06.